The van der Waals surface area contributed by atoms with Crippen LogP contribution in [-0.4, -0.2) is 21.9 Å². The van der Waals surface area contributed by atoms with E-state index in [9.17, 15) is 9.59 Å². The Hall–Kier alpha value is -2.86. The van der Waals surface area contributed by atoms with Crippen LogP contribution in [0.4, 0.5) is 5.13 Å². The molecule has 0 aliphatic carbocycles. The van der Waals surface area contributed by atoms with Crippen molar-refractivity contribution in [3.05, 3.63) is 65.2 Å². The zero-order valence-electron chi connectivity index (χ0n) is 14.7. The second kappa shape index (κ2) is 8.01. The molecule has 3 aromatic rings. The van der Waals surface area contributed by atoms with Crippen molar-refractivity contribution >= 4 is 28.2 Å². The summed E-state index contributed by atoms with van der Waals surface area (Å²) < 4.78 is 0. The Morgan fingerprint density at radius 1 is 1.00 bits per heavy atom. The van der Waals surface area contributed by atoms with Crippen molar-refractivity contribution < 1.29 is 9.59 Å². The normalized spacial score (nSPS) is 10.5. The lowest BCUT2D eigenvalue weighted by Gasteiger charge is -2.06. The number of aryl methyl sites for hydroxylation is 2. The standard InChI is InChI=1S/C20H19N3O2S/c1-13-8-9-14(2)16(12-13)17(24)10-11-18(25)21-20-23-22-19(26-20)15-6-4-3-5-7-15/h3-9,12H,10-11H2,1-2H3,(H,21,23,25). The third-order valence-corrected chi connectivity index (χ3v) is 4.85. The number of benzene rings is 2. The number of nitrogens with zero attached hydrogens (tertiary/aromatic N) is 2. The van der Waals surface area contributed by atoms with Crippen LogP contribution < -0.4 is 5.32 Å². The van der Waals surface area contributed by atoms with E-state index < -0.39 is 0 Å². The molecule has 1 aromatic heterocycles. The van der Waals surface area contributed by atoms with Crippen LogP contribution in [0.3, 0.4) is 0 Å². The van der Waals surface area contributed by atoms with Crippen LogP contribution in [0.1, 0.15) is 34.3 Å². The fourth-order valence-corrected chi connectivity index (χ4v) is 3.32. The average molecular weight is 365 g/mol. The molecule has 0 radical (unpaired) electrons. The van der Waals surface area contributed by atoms with E-state index in [0.29, 0.717) is 10.7 Å². The number of hydrogen-bond donors (Lipinski definition) is 1. The molecule has 1 N–H and O–H groups in total. The average Bonchev–Trinajstić information content (AvgIpc) is 3.11. The van der Waals surface area contributed by atoms with Gasteiger partial charge in [-0.1, -0.05) is 59.4 Å². The molecule has 2 aromatic carbocycles. The number of ketones is 1. The van der Waals surface area contributed by atoms with E-state index in [-0.39, 0.29) is 24.5 Å². The zero-order valence-corrected chi connectivity index (χ0v) is 15.5. The fourth-order valence-electron chi connectivity index (χ4n) is 2.55. The van der Waals surface area contributed by atoms with Gasteiger partial charge in [0.2, 0.25) is 11.0 Å². The molecule has 0 saturated carbocycles. The molecular weight excluding hydrogens is 346 g/mol. The first-order chi connectivity index (χ1) is 12.5. The van der Waals surface area contributed by atoms with Crippen LogP contribution in [0.15, 0.2) is 48.5 Å². The van der Waals surface area contributed by atoms with Crippen LogP contribution in [-0.2, 0) is 4.79 Å². The Morgan fingerprint density at radius 3 is 2.54 bits per heavy atom. The lowest BCUT2D eigenvalue weighted by atomic mass is 9.99. The van der Waals surface area contributed by atoms with Gasteiger partial charge < -0.3 is 5.32 Å². The minimum Gasteiger partial charge on any atom is -0.301 e. The van der Waals surface area contributed by atoms with Crippen LogP contribution >= 0.6 is 11.3 Å². The topological polar surface area (TPSA) is 72.0 Å². The quantitative estimate of drug-likeness (QED) is 0.656. The number of nitrogens with one attached hydrogen (secondary N) is 1. The Kier molecular flexibility index (Phi) is 5.53. The molecule has 1 heterocycles. The number of hydrogen-bond acceptors (Lipinski definition) is 5. The maximum absolute atomic E-state index is 12.4. The van der Waals surface area contributed by atoms with Gasteiger partial charge in [-0.15, -0.1) is 10.2 Å². The first kappa shape index (κ1) is 17.9. The van der Waals surface area contributed by atoms with Crippen molar-refractivity contribution in [2.75, 3.05) is 5.32 Å². The molecule has 6 heteroatoms. The number of rotatable bonds is 6. The van der Waals surface area contributed by atoms with Gasteiger partial charge in [-0.25, -0.2) is 0 Å². The number of amides is 1. The first-order valence-corrected chi connectivity index (χ1v) is 9.14. The summed E-state index contributed by atoms with van der Waals surface area (Å²) in [4.78, 5) is 24.5. The summed E-state index contributed by atoms with van der Waals surface area (Å²) in [5, 5.41) is 12.0. The number of aromatic nitrogens is 2. The van der Waals surface area contributed by atoms with Gasteiger partial charge in [-0.05, 0) is 25.5 Å². The molecule has 1 amide bonds. The summed E-state index contributed by atoms with van der Waals surface area (Å²) in [6.07, 6.45) is 0.285. The molecule has 26 heavy (non-hydrogen) atoms. The smallest absolute Gasteiger partial charge is 0.226 e. The minimum atomic E-state index is -0.237. The molecular formula is C20H19N3O2S. The van der Waals surface area contributed by atoms with Gasteiger partial charge in [0.05, 0.1) is 0 Å². The zero-order chi connectivity index (χ0) is 18.5. The maximum atomic E-state index is 12.4. The van der Waals surface area contributed by atoms with Crippen molar-refractivity contribution in [3.8, 4) is 10.6 Å². The van der Waals surface area contributed by atoms with Crippen LogP contribution in [0.2, 0.25) is 0 Å². The minimum absolute atomic E-state index is 0.0245. The molecule has 0 aliphatic rings. The van der Waals surface area contributed by atoms with Crippen LogP contribution in [0.25, 0.3) is 10.6 Å². The summed E-state index contributed by atoms with van der Waals surface area (Å²) in [5.41, 5.74) is 3.60. The highest BCUT2D eigenvalue weighted by molar-refractivity contribution is 7.18. The predicted molar refractivity (Wildman–Crippen MR) is 103 cm³/mol. The highest BCUT2D eigenvalue weighted by atomic mass is 32.1. The van der Waals surface area contributed by atoms with Crippen molar-refractivity contribution in [1.82, 2.24) is 10.2 Å². The monoisotopic (exact) mass is 365 g/mol. The third-order valence-electron chi connectivity index (χ3n) is 3.96. The molecule has 3 rings (SSSR count). The van der Waals surface area contributed by atoms with Crippen LogP contribution in [0, 0.1) is 13.8 Å². The second-order valence-corrected chi connectivity index (χ2v) is 7.05. The van der Waals surface area contributed by atoms with Crippen molar-refractivity contribution in [2.24, 2.45) is 0 Å². The fraction of sp³-hybridized carbons (Fsp3) is 0.200. The summed E-state index contributed by atoms with van der Waals surface area (Å²) >= 11 is 1.31. The molecule has 5 nitrogen and oxygen atoms in total. The molecule has 0 bridgehead atoms. The highest BCUT2D eigenvalue weighted by Gasteiger charge is 2.14. The molecule has 0 spiro atoms. The van der Waals surface area contributed by atoms with Gasteiger partial charge in [-0.2, -0.15) is 0 Å². The largest absolute Gasteiger partial charge is 0.301 e. The van der Waals surface area contributed by atoms with E-state index in [2.05, 4.69) is 15.5 Å². The molecule has 0 unspecified atom stereocenters. The van der Waals surface area contributed by atoms with E-state index in [1.54, 1.807) is 0 Å². The van der Waals surface area contributed by atoms with Gasteiger partial charge in [0.25, 0.3) is 0 Å². The Morgan fingerprint density at radius 2 is 1.77 bits per heavy atom. The maximum Gasteiger partial charge on any atom is 0.226 e. The van der Waals surface area contributed by atoms with E-state index in [0.717, 1.165) is 21.7 Å². The Balaban J connectivity index is 1.57. The third kappa shape index (κ3) is 4.40. The molecule has 132 valence electrons. The Bertz CT molecular complexity index is 935. The molecule has 0 fully saturated rings. The van der Waals surface area contributed by atoms with Crippen molar-refractivity contribution in [2.45, 2.75) is 26.7 Å². The van der Waals surface area contributed by atoms with Crippen molar-refractivity contribution in [3.63, 3.8) is 0 Å². The summed E-state index contributed by atoms with van der Waals surface area (Å²) in [6, 6.07) is 15.4. The summed E-state index contributed by atoms with van der Waals surface area (Å²) in [7, 11) is 0. The van der Waals surface area contributed by atoms with Crippen molar-refractivity contribution in [1.29, 1.82) is 0 Å². The predicted octanol–water partition coefficient (Wildman–Crippen LogP) is 4.42. The van der Waals surface area contributed by atoms with Gasteiger partial charge in [0.1, 0.15) is 5.01 Å². The first-order valence-electron chi connectivity index (χ1n) is 8.32. The molecule has 0 aliphatic heterocycles. The van der Waals surface area contributed by atoms with E-state index >= 15 is 0 Å². The van der Waals surface area contributed by atoms with Gasteiger partial charge in [0.15, 0.2) is 5.78 Å². The van der Waals surface area contributed by atoms with Gasteiger partial charge in [-0.3, -0.25) is 9.59 Å². The highest BCUT2D eigenvalue weighted by Crippen LogP contribution is 2.26. The number of Topliss-reactive ketones (excluding diaryl/α,β-unsaturated/α-hetero) is 1. The summed E-state index contributed by atoms with van der Waals surface area (Å²) in [5.74, 6) is -0.261. The van der Waals surface area contributed by atoms with Gasteiger partial charge in [0, 0.05) is 24.0 Å². The van der Waals surface area contributed by atoms with Gasteiger partial charge >= 0.3 is 0 Å². The lowest BCUT2D eigenvalue weighted by Crippen LogP contribution is -2.13. The number of carbonyl (C=O) groups is 2. The SMILES string of the molecule is Cc1ccc(C)c(C(=O)CCC(=O)Nc2nnc(-c3ccccc3)s2)c1. The summed E-state index contributed by atoms with van der Waals surface area (Å²) in [6.45, 7) is 3.85. The van der Waals surface area contributed by atoms with Crippen LogP contribution in [0.5, 0.6) is 0 Å². The van der Waals surface area contributed by atoms with E-state index in [1.165, 1.54) is 11.3 Å². The number of carbonyl (C=O) groups excluding carboxylic acids is 2. The second-order valence-electron chi connectivity index (χ2n) is 6.07. The lowest BCUT2D eigenvalue weighted by molar-refractivity contribution is -0.116. The van der Waals surface area contributed by atoms with E-state index in [4.69, 9.17) is 0 Å². The molecule has 0 atom stereocenters. The molecule has 0 saturated heterocycles. The Labute approximate surface area is 156 Å². The van der Waals surface area contributed by atoms with E-state index in [1.807, 2.05) is 62.4 Å². The number of anilines is 1.